The van der Waals surface area contributed by atoms with E-state index < -0.39 is 0 Å². The van der Waals surface area contributed by atoms with Crippen molar-refractivity contribution in [2.24, 2.45) is 0 Å². The number of nitrogen functional groups attached to an aromatic ring is 1. The van der Waals surface area contributed by atoms with Gasteiger partial charge in [0.2, 0.25) is 0 Å². The zero-order valence-corrected chi connectivity index (χ0v) is 11.3. The molecule has 0 fully saturated rings. The Bertz CT molecular complexity index is 420. The molecule has 0 spiro atoms. The SMILES string of the molecule is C/C=C\c1c(C)c(C(C)(C)C)cc(C)c1N. The Morgan fingerprint density at radius 2 is 1.75 bits per heavy atom. The van der Waals surface area contributed by atoms with Crippen LogP contribution in [-0.2, 0) is 5.41 Å². The maximum absolute atomic E-state index is 6.13. The number of rotatable bonds is 1. The Balaban J connectivity index is 3.57. The molecular weight excluding hydrogens is 194 g/mol. The van der Waals surface area contributed by atoms with Gasteiger partial charge in [0.05, 0.1) is 0 Å². The molecule has 0 heterocycles. The molecule has 1 heteroatoms. The van der Waals surface area contributed by atoms with Crippen molar-refractivity contribution in [3.05, 3.63) is 34.4 Å². The van der Waals surface area contributed by atoms with Gasteiger partial charge in [-0.25, -0.2) is 0 Å². The lowest BCUT2D eigenvalue weighted by Gasteiger charge is -2.25. The first-order chi connectivity index (χ1) is 7.29. The molecule has 0 atom stereocenters. The molecule has 0 unspecified atom stereocenters. The molecule has 1 nitrogen and oxygen atoms in total. The highest BCUT2D eigenvalue weighted by molar-refractivity contribution is 5.72. The van der Waals surface area contributed by atoms with E-state index in [-0.39, 0.29) is 5.41 Å². The Morgan fingerprint density at radius 1 is 1.19 bits per heavy atom. The second-order valence-electron chi connectivity index (χ2n) is 5.44. The van der Waals surface area contributed by atoms with Gasteiger partial charge < -0.3 is 5.73 Å². The van der Waals surface area contributed by atoms with Gasteiger partial charge in [-0.2, -0.15) is 0 Å². The number of allylic oxidation sites excluding steroid dienone is 1. The summed E-state index contributed by atoms with van der Waals surface area (Å²) in [6, 6.07) is 2.22. The molecule has 0 saturated carbocycles. The fraction of sp³-hybridized carbons (Fsp3) is 0.467. The van der Waals surface area contributed by atoms with E-state index in [1.807, 2.05) is 13.0 Å². The summed E-state index contributed by atoms with van der Waals surface area (Å²) >= 11 is 0. The number of hydrogen-bond donors (Lipinski definition) is 1. The average molecular weight is 217 g/mol. The molecule has 0 radical (unpaired) electrons. The number of nitrogens with two attached hydrogens (primary N) is 1. The molecule has 0 amide bonds. The Hall–Kier alpha value is -1.24. The summed E-state index contributed by atoms with van der Waals surface area (Å²) in [5.74, 6) is 0. The van der Waals surface area contributed by atoms with Crippen LogP contribution in [0.2, 0.25) is 0 Å². The van der Waals surface area contributed by atoms with E-state index in [0.717, 1.165) is 5.69 Å². The predicted octanol–water partition coefficient (Wildman–Crippen LogP) is 4.22. The zero-order valence-electron chi connectivity index (χ0n) is 11.3. The molecule has 1 rings (SSSR count). The Kier molecular flexibility index (Phi) is 3.47. The van der Waals surface area contributed by atoms with Crippen LogP contribution in [0.25, 0.3) is 6.08 Å². The van der Waals surface area contributed by atoms with Gasteiger partial charge in [0.25, 0.3) is 0 Å². The van der Waals surface area contributed by atoms with Crippen molar-refractivity contribution < 1.29 is 0 Å². The smallest absolute Gasteiger partial charge is 0.0420 e. The van der Waals surface area contributed by atoms with Gasteiger partial charge in [-0.05, 0) is 42.9 Å². The fourth-order valence-corrected chi connectivity index (χ4v) is 2.12. The Morgan fingerprint density at radius 3 is 2.19 bits per heavy atom. The second kappa shape index (κ2) is 4.32. The van der Waals surface area contributed by atoms with Crippen molar-refractivity contribution in [3.8, 4) is 0 Å². The summed E-state index contributed by atoms with van der Waals surface area (Å²) in [4.78, 5) is 0. The molecule has 0 bridgehead atoms. The monoisotopic (exact) mass is 217 g/mol. The summed E-state index contributed by atoms with van der Waals surface area (Å²) in [5, 5.41) is 0. The van der Waals surface area contributed by atoms with E-state index in [1.165, 1.54) is 22.3 Å². The first kappa shape index (κ1) is 12.8. The number of anilines is 1. The minimum Gasteiger partial charge on any atom is -0.398 e. The zero-order chi connectivity index (χ0) is 12.5. The van der Waals surface area contributed by atoms with Crippen LogP contribution in [0, 0.1) is 13.8 Å². The first-order valence-electron chi connectivity index (χ1n) is 5.82. The van der Waals surface area contributed by atoms with Gasteiger partial charge in [0.1, 0.15) is 0 Å². The minimum atomic E-state index is 0.166. The molecule has 1 aromatic carbocycles. The molecule has 0 aromatic heterocycles. The summed E-state index contributed by atoms with van der Waals surface area (Å²) < 4.78 is 0. The summed E-state index contributed by atoms with van der Waals surface area (Å²) in [5.41, 5.74) is 12.2. The highest BCUT2D eigenvalue weighted by Gasteiger charge is 2.19. The van der Waals surface area contributed by atoms with Crippen molar-refractivity contribution >= 4 is 11.8 Å². The van der Waals surface area contributed by atoms with Crippen LogP contribution in [0.15, 0.2) is 12.1 Å². The molecule has 16 heavy (non-hydrogen) atoms. The quantitative estimate of drug-likeness (QED) is 0.700. The third-order valence-corrected chi connectivity index (χ3v) is 3.03. The van der Waals surface area contributed by atoms with E-state index in [0.29, 0.717) is 0 Å². The van der Waals surface area contributed by atoms with E-state index in [4.69, 9.17) is 5.73 Å². The predicted molar refractivity (Wildman–Crippen MR) is 73.7 cm³/mol. The van der Waals surface area contributed by atoms with Crippen LogP contribution in [0.3, 0.4) is 0 Å². The van der Waals surface area contributed by atoms with Crippen LogP contribution in [0.5, 0.6) is 0 Å². The lowest BCUT2D eigenvalue weighted by atomic mass is 9.81. The lowest BCUT2D eigenvalue weighted by molar-refractivity contribution is 0.585. The average Bonchev–Trinajstić information content (AvgIpc) is 2.16. The van der Waals surface area contributed by atoms with Crippen molar-refractivity contribution in [1.29, 1.82) is 0 Å². The summed E-state index contributed by atoms with van der Waals surface area (Å²) in [6.07, 6.45) is 4.15. The van der Waals surface area contributed by atoms with Crippen molar-refractivity contribution in [2.45, 2.75) is 47.0 Å². The third-order valence-electron chi connectivity index (χ3n) is 3.03. The molecule has 0 saturated heterocycles. The molecule has 0 aliphatic carbocycles. The summed E-state index contributed by atoms with van der Waals surface area (Å²) in [6.45, 7) is 13.0. The standard InChI is InChI=1S/C15H23N/c1-7-8-12-11(3)13(15(4,5)6)9-10(2)14(12)16/h7-9H,16H2,1-6H3/b8-7-. The fourth-order valence-electron chi connectivity index (χ4n) is 2.12. The van der Waals surface area contributed by atoms with E-state index >= 15 is 0 Å². The normalized spacial score (nSPS) is 12.4. The highest BCUT2D eigenvalue weighted by atomic mass is 14.6. The molecule has 0 aliphatic rings. The van der Waals surface area contributed by atoms with Crippen LogP contribution < -0.4 is 5.73 Å². The van der Waals surface area contributed by atoms with Gasteiger partial charge in [-0.15, -0.1) is 0 Å². The second-order valence-corrected chi connectivity index (χ2v) is 5.44. The van der Waals surface area contributed by atoms with Crippen LogP contribution >= 0.6 is 0 Å². The maximum Gasteiger partial charge on any atom is 0.0420 e. The van der Waals surface area contributed by atoms with Gasteiger partial charge in [-0.1, -0.05) is 39.0 Å². The van der Waals surface area contributed by atoms with Gasteiger partial charge >= 0.3 is 0 Å². The topological polar surface area (TPSA) is 26.0 Å². The van der Waals surface area contributed by atoms with E-state index in [2.05, 4.69) is 46.8 Å². The van der Waals surface area contributed by atoms with Crippen LogP contribution in [0.4, 0.5) is 5.69 Å². The van der Waals surface area contributed by atoms with Crippen molar-refractivity contribution in [1.82, 2.24) is 0 Å². The van der Waals surface area contributed by atoms with Gasteiger partial charge in [-0.3, -0.25) is 0 Å². The van der Waals surface area contributed by atoms with Crippen LogP contribution in [0.1, 0.15) is 49.9 Å². The number of benzene rings is 1. The first-order valence-corrected chi connectivity index (χ1v) is 5.82. The van der Waals surface area contributed by atoms with Crippen molar-refractivity contribution in [3.63, 3.8) is 0 Å². The molecule has 0 aliphatic heterocycles. The molecule has 2 N–H and O–H groups in total. The van der Waals surface area contributed by atoms with Gasteiger partial charge in [0.15, 0.2) is 0 Å². The molecule has 88 valence electrons. The largest absolute Gasteiger partial charge is 0.398 e. The van der Waals surface area contributed by atoms with Crippen LogP contribution in [-0.4, -0.2) is 0 Å². The minimum absolute atomic E-state index is 0.166. The third kappa shape index (κ3) is 2.29. The lowest BCUT2D eigenvalue weighted by Crippen LogP contribution is -2.15. The highest BCUT2D eigenvalue weighted by Crippen LogP contribution is 2.33. The summed E-state index contributed by atoms with van der Waals surface area (Å²) in [7, 11) is 0. The Labute approximate surface area is 99.4 Å². The number of aryl methyl sites for hydroxylation is 1. The van der Waals surface area contributed by atoms with E-state index in [1.54, 1.807) is 0 Å². The molecular formula is C15H23N. The number of hydrogen-bond acceptors (Lipinski definition) is 1. The van der Waals surface area contributed by atoms with Gasteiger partial charge in [0, 0.05) is 11.3 Å². The maximum atomic E-state index is 6.13. The van der Waals surface area contributed by atoms with Crippen molar-refractivity contribution in [2.75, 3.05) is 5.73 Å². The van der Waals surface area contributed by atoms with E-state index in [9.17, 15) is 0 Å². The molecule has 1 aromatic rings.